The summed E-state index contributed by atoms with van der Waals surface area (Å²) in [4.78, 5) is 4.21. The average Bonchev–Trinajstić information content (AvgIpc) is 2.34. The lowest BCUT2D eigenvalue weighted by Gasteiger charge is -2.02. The van der Waals surface area contributed by atoms with E-state index in [1.54, 1.807) is 11.8 Å². The number of benzene rings is 1. The van der Waals surface area contributed by atoms with Crippen LogP contribution in [0.5, 0.6) is 0 Å². The molecule has 0 atom stereocenters. The summed E-state index contributed by atoms with van der Waals surface area (Å²) in [6.07, 6.45) is 1.02. The fourth-order valence-electron chi connectivity index (χ4n) is 1.17. The van der Waals surface area contributed by atoms with Gasteiger partial charge in [-0.2, -0.15) is 0 Å². The monoisotopic (exact) mass is 238 g/mol. The molecule has 1 rings (SSSR count). The van der Waals surface area contributed by atoms with Crippen LogP contribution in [-0.2, 0) is 12.4 Å². The summed E-state index contributed by atoms with van der Waals surface area (Å²) in [7, 11) is 0. The number of hydrogen-bond donors (Lipinski definition) is 2. The highest BCUT2D eigenvalue weighted by molar-refractivity contribution is 8.13. The number of thioether (sulfide) groups is 1. The molecule has 1 aromatic carbocycles. The van der Waals surface area contributed by atoms with Crippen molar-refractivity contribution in [2.75, 3.05) is 6.54 Å². The largest absolute Gasteiger partial charge is 0.392 e. The van der Waals surface area contributed by atoms with Crippen molar-refractivity contribution in [2.45, 2.75) is 25.7 Å². The van der Waals surface area contributed by atoms with Crippen LogP contribution >= 0.6 is 11.8 Å². The van der Waals surface area contributed by atoms with Crippen LogP contribution < -0.4 is 5.73 Å². The highest BCUT2D eigenvalue weighted by Crippen LogP contribution is 2.13. The Bertz CT molecular complexity index is 335. The molecule has 0 aliphatic rings. The summed E-state index contributed by atoms with van der Waals surface area (Å²) in [6, 6.07) is 7.86. The molecule has 16 heavy (non-hydrogen) atoms. The molecule has 3 N–H and O–H groups in total. The first-order valence-electron chi connectivity index (χ1n) is 5.37. The molecule has 0 saturated carbocycles. The number of aliphatic hydroxyl groups is 1. The Morgan fingerprint density at radius 1 is 1.31 bits per heavy atom. The molecule has 0 unspecified atom stereocenters. The Kier molecular flexibility index (Phi) is 5.96. The van der Waals surface area contributed by atoms with Gasteiger partial charge in [0.1, 0.15) is 0 Å². The molecule has 0 amide bonds. The molecule has 0 radical (unpaired) electrons. The van der Waals surface area contributed by atoms with E-state index in [9.17, 15) is 0 Å². The predicted molar refractivity (Wildman–Crippen MR) is 70.4 cm³/mol. The lowest BCUT2D eigenvalue weighted by Crippen LogP contribution is -2.07. The molecule has 3 nitrogen and oxygen atoms in total. The molecular formula is C12H18N2OS. The number of nitrogens with zero attached hydrogens (tertiary/aromatic N) is 1. The molecule has 0 fully saturated rings. The molecule has 4 heteroatoms. The van der Waals surface area contributed by atoms with Crippen molar-refractivity contribution in [1.29, 1.82) is 0 Å². The fourth-order valence-corrected chi connectivity index (χ4v) is 1.86. The highest BCUT2D eigenvalue weighted by atomic mass is 32.2. The standard InChI is InChI=1S/C12H18N2OS/c1-2-7-14-12(13)16-9-11-5-3-10(8-15)4-6-11/h3-6,15H,2,7-9H2,1H3,(H2,13,14). The van der Waals surface area contributed by atoms with Crippen molar-refractivity contribution in [2.24, 2.45) is 10.7 Å². The lowest BCUT2D eigenvalue weighted by molar-refractivity contribution is 0.282. The number of hydrogen-bond acceptors (Lipinski definition) is 3. The summed E-state index contributed by atoms with van der Waals surface area (Å²) in [5.74, 6) is 0.824. The third-order valence-corrected chi connectivity index (χ3v) is 2.99. The van der Waals surface area contributed by atoms with E-state index in [1.165, 1.54) is 5.56 Å². The average molecular weight is 238 g/mol. The van der Waals surface area contributed by atoms with Gasteiger partial charge < -0.3 is 10.8 Å². The predicted octanol–water partition coefficient (Wildman–Crippen LogP) is 2.14. The third-order valence-electron chi connectivity index (χ3n) is 2.08. The molecule has 0 saturated heterocycles. The van der Waals surface area contributed by atoms with E-state index in [1.807, 2.05) is 24.3 Å². The summed E-state index contributed by atoms with van der Waals surface area (Å²) in [5, 5.41) is 9.55. The minimum atomic E-state index is 0.0908. The van der Waals surface area contributed by atoms with E-state index in [4.69, 9.17) is 10.8 Å². The van der Waals surface area contributed by atoms with Crippen LogP contribution in [0.3, 0.4) is 0 Å². The Morgan fingerprint density at radius 3 is 2.50 bits per heavy atom. The Hall–Kier alpha value is -1.00. The van der Waals surface area contributed by atoms with Crippen molar-refractivity contribution in [1.82, 2.24) is 0 Å². The van der Waals surface area contributed by atoms with Crippen LogP contribution in [0.2, 0.25) is 0 Å². The van der Waals surface area contributed by atoms with Crippen LogP contribution in [0.25, 0.3) is 0 Å². The first-order valence-corrected chi connectivity index (χ1v) is 6.36. The van der Waals surface area contributed by atoms with Crippen molar-refractivity contribution in [3.05, 3.63) is 35.4 Å². The molecule has 0 aliphatic heterocycles. The maximum absolute atomic E-state index is 8.90. The van der Waals surface area contributed by atoms with Gasteiger partial charge in [-0.15, -0.1) is 0 Å². The van der Waals surface area contributed by atoms with Crippen molar-refractivity contribution < 1.29 is 5.11 Å². The van der Waals surface area contributed by atoms with Gasteiger partial charge >= 0.3 is 0 Å². The summed E-state index contributed by atoms with van der Waals surface area (Å²) >= 11 is 1.55. The van der Waals surface area contributed by atoms with E-state index < -0.39 is 0 Å². The van der Waals surface area contributed by atoms with Gasteiger partial charge in [0.25, 0.3) is 0 Å². The van der Waals surface area contributed by atoms with Crippen molar-refractivity contribution in [3.8, 4) is 0 Å². The highest BCUT2D eigenvalue weighted by Gasteiger charge is 1.97. The maximum Gasteiger partial charge on any atom is 0.154 e. The van der Waals surface area contributed by atoms with Gasteiger partial charge in [-0.05, 0) is 17.5 Å². The second-order valence-electron chi connectivity index (χ2n) is 3.48. The van der Waals surface area contributed by atoms with Gasteiger partial charge in [0.2, 0.25) is 0 Å². The van der Waals surface area contributed by atoms with E-state index in [0.29, 0.717) is 5.17 Å². The number of amidine groups is 1. The van der Waals surface area contributed by atoms with Gasteiger partial charge in [0.15, 0.2) is 5.17 Å². The topological polar surface area (TPSA) is 58.6 Å². The first-order chi connectivity index (χ1) is 7.76. The van der Waals surface area contributed by atoms with E-state index in [-0.39, 0.29) is 6.61 Å². The minimum Gasteiger partial charge on any atom is -0.392 e. The first kappa shape index (κ1) is 13.1. The molecular weight excluding hydrogens is 220 g/mol. The van der Waals surface area contributed by atoms with Gasteiger partial charge in [-0.3, -0.25) is 4.99 Å². The van der Waals surface area contributed by atoms with Crippen LogP contribution in [0.15, 0.2) is 29.3 Å². The van der Waals surface area contributed by atoms with Crippen molar-refractivity contribution in [3.63, 3.8) is 0 Å². The minimum absolute atomic E-state index is 0.0908. The van der Waals surface area contributed by atoms with Crippen LogP contribution in [0, 0.1) is 0 Å². The van der Waals surface area contributed by atoms with Crippen LogP contribution in [0.1, 0.15) is 24.5 Å². The summed E-state index contributed by atoms with van der Waals surface area (Å²) in [5.41, 5.74) is 7.86. The zero-order valence-electron chi connectivity index (χ0n) is 9.52. The smallest absolute Gasteiger partial charge is 0.154 e. The number of aliphatic hydroxyl groups excluding tert-OH is 1. The van der Waals surface area contributed by atoms with E-state index in [2.05, 4.69) is 11.9 Å². The van der Waals surface area contributed by atoms with Gasteiger partial charge in [0.05, 0.1) is 6.61 Å². The molecule has 88 valence electrons. The molecule has 0 spiro atoms. The Balaban J connectivity index is 2.42. The number of nitrogens with two attached hydrogens (primary N) is 1. The second kappa shape index (κ2) is 7.30. The van der Waals surface area contributed by atoms with Gasteiger partial charge in [0, 0.05) is 12.3 Å². The maximum atomic E-state index is 8.90. The SMILES string of the molecule is CCCN=C(N)SCc1ccc(CO)cc1. The zero-order chi connectivity index (χ0) is 11.8. The second-order valence-corrected chi connectivity index (χ2v) is 4.48. The normalized spacial score (nSPS) is 11.8. The number of aliphatic imine (C=N–C) groups is 1. The Morgan fingerprint density at radius 2 is 1.94 bits per heavy atom. The lowest BCUT2D eigenvalue weighted by atomic mass is 10.2. The third kappa shape index (κ3) is 4.68. The quantitative estimate of drug-likeness (QED) is 0.610. The fraction of sp³-hybridized carbons (Fsp3) is 0.417. The molecule has 0 aliphatic carbocycles. The Labute approximate surface area is 101 Å². The summed E-state index contributed by atoms with van der Waals surface area (Å²) in [6.45, 7) is 2.96. The number of rotatable bonds is 5. The molecule has 0 bridgehead atoms. The summed E-state index contributed by atoms with van der Waals surface area (Å²) < 4.78 is 0. The molecule has 1 aromatic rings. The van der Waals surface area contributed by atoms with E-state index >= 15 is 0 Å². The molecule has 0 aromatic heterocycles. The van der Waals surface area contributed by atoms with Crippen LogP contribution in [0.4, 0.5) is 0 Å². The van der Waals surface area contributed by atoms with Crippen LogP contribution in [-0.4, -0.2) is 16.8 Å². The molecule has 0 heterocycles. The van der Waals surface area contributed by atoms with Gasteiger partial charge in [-0.1, -0.05) is 43.0 Å². The van der Waals surface area contributed by atoms with Gasteiger partial charge in [-0.25, -0.2) is 0 Å². The van der Waals surface area contributed by atoms with E-state index in [0.717, 1.165) is 24.3 Å². The zero-order valence-corrected chi connectivity index (χ0v) is 10.3. The van der Waals surface area contributed by atoms with Crippen molar-refractivity contribution >= 4 is 16.9 Å².